The summed E-state index contributed by atoms with van der Waals surface area (Å²) in [6.07, 6.45) is 4.31. The lowest BCUT2D eigenvalue weighted by Gasteiger charge is -2.48. The van der Waals surface area contributed by atoms with Crippen molar-refractivity contribution in [2.45, 2.75) is 84.9 Å². The van der Waals surface area contributed by atoms with E-state index in [1.54, 1.807) is 0 Å². The number of nitrogens with zero attached hydrogens (tertiary/aromatic N) is 2. The number of ether oxygens (including phenoxy) is 4. The molecule has 1 aliphatic carbocycles. The minimum atomic E-state index is -0.219. The molecule has 5 rings (SSSR count). The minimum absolute atomic E-state index is 0.111. The van der Waals surface area contributed by atoms with Gasteiger partial charge in [-0.1, -0.05) is 48.9 Å². The Hall–Kier alpha value is -3.26. The lowest BCUT2D eigenvalue weighted by atomic mass is 9.89. The molecule has 0 radical (unpaired) electrons. The van der Waals surface area contributed by atoms with E-state index in [0.717, 1.165) is 49.4 Å². The third kappa shape index (κ3) is 8.25. The highest BCUT2D eigenvalue weighted by atomic mass is 35.5. The van der Waals surface area contributed by atoms with Crippen LogP contribution in [0, 0.1) is 6.92 Å². The zero-order valence-electron chi connectivity index (χ0n) is 29.0. The number of rotatable bonds is 16. The zero-order chi connectivity index (χ0) is 33.6. The van der Waals surface area contributed by atoms with Gasteiger partial charge in [0.15, 0.2) is 0 Å². The summed E-state index contributed by atoms with van der Waals surface area (Å²) in [6.45, 7) is 16.3. The maximum atomic E-state index is 11.7. The van der Waals surface area contributed by atoms with Crippen molar-refractivity contribution in [3.05, 3.63) is 75.8 Å². The number of likely N-dealkylation sites (tertiary alicyclic amines) is 1. The van der Waals surface area contributed by atoms with Crippen LogP contribution in [0.15, 0.2) is 48.5 Å². The van der Waals surface area contributed by atoms with Gasteiger partial charge in [-0.3, -0.25) is 14.6 Å². The molecule has 1 heterocycles. The molecule has 0 amide bonds. The number of carbonyl (C=O) groups excluding carboxylic acids is 1. The van der Waals surface area contributed by atoms with Crippen LogP contribution in [0.1, 0.15) is 81.7 Å². The number of carbonyl (C=O) groups is 1. The number of methoxy groups -OCH3 is 1. The average molecular weight is 663 g/mol. The number of hydrogen-bond acceptors (Lipinski definition) is 7. The molecule has 1 saturated heterocycles. The predicted molar refractivity (Wildman–Crippen MR) is 189 cm³/mol. The fraction of sp³-hybridized carbons (Fsp3) is 0.513. The summed E-state index contributed by atoms with van der Waals surface area (Å²) < 4.78 is 23.8. The number of fused-ring (bicyclic) bond motifs is 1. The van der Waals surface area contributed by atoms with Crippen molar-refractivity contribution >= 4 is 17.6 Å². The Morgan fingerprint density at radius 3 is 2.53 bits per heavy atom. The molecule has 0 saturated carbocycles. The van der Waals surface area contributed by atoms with Crippen molar-refractivity contribution in [3.8, 4) is 28.4 Å². The summed E-state index contributed by atoms with van der Waals surface area (Å²) in [4.78, 5) is 16.4. The van der Waals surface area contributed by atoms with Crippen LogP contribution >= 0.6 is 11.6 Å². The van der Waals surface area contributed by atoms with Crippen molar-refractivity contribution in [2.75, 3.05) is 46.5 Å². The van der Waals surface area contributed by atoms with Crippen LogP contribution in [0.2, 0.25) is 5.02 Å². The fourth-order valence-electron chi connectivity index (χ4n) is 6.80. The second-order valence-electron chi connectivity index (χ2n) is 13.2. The maximum Gasteiger partial charge on any atom is 0.306 e. The molecule has 3 aromatic carbocycles. The van der Waals surface area contributed by atoms with Gasteiger partial charge in [-0.25, -0.2) is 0 Å². The van der Waals surface area contributed by atoms with E-state index in [4.69, 9.17) is 30.5 Å². The molecule has 47 heavy (non-hydrogen) atoms. The maximum absolute atomic E-state index is 11.7. The Balaban J connectivity index is 1.30. The Morgan fingerprint density at radius 1 is 1.04 bits per heavy atom. The van der Waals surface area contributed by atoms with Gasteiger partial charge in [-0.2, -0.15) is 0 Å². The molecule has 7 nitrogen and oxygen atoms in total. The van der Waals surface area contributed by atoms with Gasteiger partial charge in [0.1, 0.15) is 23.4 Å². The minimum Gasteiger partial charge on any atom is -0.493 e. The third-order valence-corrected chi connectivity index (χ3v) is 10.1. The highest BCUT2D eigenvalue weighted by Gasteiger charge is 2.35. The first-order chi connectivity index (χ1) is 22.6. The molecule has 2 aliphatic rings. The lowest BCUT2D eigenvalue weighted by Crippen LogP contribution is -2.55. The van der Waals surface area contributed by atoms with Crippen molar-refractivity contribution in [1.82, 2.24) is 9.80 Å². The number of benzene rings is 3. The van der Waals surface area contributed by atoms with E-state index in [1.165, 1.54) is 47.9 Å². The topological polar surface area (TPSA) is 60.5 Å². The Bertz CT molecular complexity index is 1540. The van der Waals surface area contributed by atoms with E-state index < -0.39 is 0 Å². The van der Waals surface area contributed by atoms with Crippen molar-refractivity contribution in [3.63, 3.8) is 0 Å². The molecule has 1 atom stereocenters. The van der Waals surface area contributed by atoms with E-state index >= 15 is 0 Å². The molecule has 1 aliphatic heterocycles. The quantitative estimate of drug-likeness (QED) is 0.113. The first-order valence-corrected chi connectivity index (χ1v) is 17.5. The largest absolute Gasteiger partial charge is 0.493 e. The molecule has 0 spiro atoms. The van der Waals surface area contributed by atoms with E-state index in [-0.39, 0.29) is 12.1 Å². The van der Waals surface area contributed by atoms with Gasteiger partial charge in [-0.15, -0.1) is 0 Å². The third-order valence-electron chi connectivity index (χ3n) is 9.85. The van der Waals surface area contributed by atoms with Gasteiger partial charge < -0.3 is 18.9 Å². The van der Waals surface area contributed by atoms with Crippen molar-refractivity contribution < 1.29 is 23.7 Å². The molecule has 0 N–H and O–H groups in total. The van der Waals surface area contributed by atoms with Crippen molar-refractivity contribution in [1.29, 1.82) is 0 Å². The monoisotopic (exact) mass is 662 g/mol. The van der Waals surface area contributed by atoms with Crippen LogP contribution in [-0.4, -0.2) is 67.8 Å². The van der Waals surface area contributed by atoms with E-state index in [2.05, 4.69) is 73.9 Å². The normalized spacial score (nSPS) is 16.9. The van der Waals surface area contributed by atoms with Crippen molar-refractivity contribution in [2.24, 2.45) is 0 Å². The van der Waals surface area contributed by atoms with E-state index in [1.807, 2.05) is 19.1 Å². The molecule has 0 unspecified atom stereocenters. The van der Waals surface area contributed by atoms with Gasteiger partial charge in [0, 0.05) is 43.3 Å². The fourth-order valence-corrected chi connectivity index (χ4v) is 7.03. The molecule has 0 aromatic heterocycles. The standard InChI is InChI=1S/C39H51ClN2O5/c1-7-41(21-18-38(43)44-6)26-28-24-33(40)37(25-36(28)45-8-2)47-35-17-16-31-30(13-9-14-32(31)35)29-12-10-15-34(27(29)3)46-23-11-20-42-22-19-39(42,4)5/h9-10,12-15,24-25,35H,7-8,11,16-23,26H2,1-6H3/t35-/m0/s1. The van der Waals surface area contributed by atoms with Crippen LogP contribution in [0.4, 0.5) is 0 Å². The summed E-state index contributed by atoms with van der Waals surface area (Å²) >= 11 is 6.85. The first-order valence-electron chi connectivity index (χ1n) is 17.2. The summed E-state index contributed by atoms with van der Waals surface area (Å²) in [6, 6.07) is 16.8. The van der Waals surface area contributed by atoms with Gasteiger partial charge in [0.2, 0.25) is 0 Å². The van der Waals surface area contributed by atoms with Gasteiger partial charge in [0.25, 0.3) is 0 Å². The zero-order valence-corrected chi connectivity index (χ0v) is 29.8. The number of hydrogen-bond donors (Lipinski definition) is 0. The second kappa shape index (κ2) is 15.8. The molecule has 254 valence electrons. The molecule has 1 fully saturated rings. The summed E-state index contributed by atoms with van der Waals surface area (Å²) in [7, 11) is 1.42. The predicted octanol–water partition coefficient (Wildman–Crippen LogP) is 8.42. The SMILES string of the molecule is CCOc1cc(O[C@H]2CCc3c(-c4cccc(OCCCN5CCC5(C)C)c4C)cccc32)c(Cl)cc1CN(CC)CCC(=O)OC. The lowest BCUT2D eigenvalue weighted by molar-refractivity contribution is -0.141. The summed E-state index contributed by atoms with van der Waals surface area (Å²) in [5, 5.41) is 0.551. The first kappa shape index (κ1) is 35.1. The molecular weight excluding hydrogens is 612 g/mol. The molecular formula is C39H51ClN2O5. The highest BCUT2D eigenvalue weighted by Crippen LogP contribution is 2.44. The molecule has 3 aromatic rings. The van der Waals surface area contributed by atoms with Gasteiger partial charge >= 0.3 is 5.97 Å². The van der Waals surface area contributed by atoms with E-state index in [0.29, 0.717) is 49.0 Å². The smallest absolute Gasteiger partial charge is 0.306 e. The van der Waals surface area contributed by atoms with Gasteiger partial charge in [-0.05, 0) is 99.9 Å². The van der Waals surface area contributed by atoms with Crippen LogP contribution in [0.25, 0.3) is 11.1 Å². The number of halogens is 1. The van der Waals surface area contributed by atoms with Crippen LogP contribution < -0.4 is 14.2 Å². The average Bonchev–Trinajstić information content (AvgIpc) is 3.47. The van der Waals surface area contributed by atoms with Gasteiger partial charge in [0.05, 0.1) is 31.8 Å². The molecule has 8 heteroatoms. The Labute approximate surface area is 286 Å². The number of esters is 1. The van der Waals surface area contributed by atoms with Crippen LogP contribution in [0.3, 0.4) is 0 Å². The Morgan fingerprint density at radius 2 is 1.83 bits per heavy atom. The second-order valence-corrected chi connectivity index (χ2v) is 13.6. The summed E-state index contributed by atoms with van der Waals surface area (Å²) in [5.74, 6) is 2.10. The Kier molecular flexibility index (Phi) is 11.8. The van der Waals surface area contributed by atoms with Crippen LogP contribution in [0.5, 0.6) is 17.2 Å². The molecule has 0 bridgehead atoms. The van der Waals surface area contributed by atoms with E-state index in [9.17, 15) is 4.79 Å². The van der Waals surface area contributed by atoms with Crippen LogP contribution in [-0.2, 0) is 22.5 Å². The highest BCUT2D eigenvalue weighted by molar-refractivity contribution is 6.32. The summed E-state index contributed by atoms with van der Waals surface area (Å²) in [5.41, 5.74) is 7.42.